The minimum atomic E-state index is 0.237. The van der Waals surface area contributed by atoms with Crippen LogP contribution in [0.15, 0.2) is 18.2 Å². The minimum Gasteiger partial charge on any atom is -0.493 e. The molecule has 0 radical (unpaired) electrons. The van der Waals surface area contributed by atoms with Gasteiger partial charge < -0.3 is 18.9 Å². The molecule has 0 unspecified atom stereocenters. The fourth-order valence-corrected chi connectivity index (χ4v) is 3.31. The zero-order valence-corrected chi connectivity index (χ0v) is 17.8. The van der Waals surface area contributed by atoms with Crippen LogP contribution in [-0.4, -0.2) is 75.4 Å². The van der Waals surface area contributed by atoms with Crippen LogP contribution in [0.4, 0.5) is 0 Å². The number of amides is 1. The summed E-state index contributed by atoms with van der Waals surface area (Å²) in [5, 5.41) is 0. The van der Waals surface area contributed by atoms with Crippen LogP contribution >= 0.6 is 0 Å². The minimum absolute atomic E-state index is 0.237. The van der Waals surface area contributed by atoms with E-state index < -0.39 is 0 Å². The predicted molar refractivity (Wildman–Crippen MR) is 109 cm³/mol. The normalized spacial score (nSPS) is 15.3. The van der Waals surface area contributed by atoms with Crippen LogP contribution in [0.5, 0.6) is 5.75 Å². The quantitative estimate of drug-likeness (QED) is 0.490. The summed E-state index contributed by atoms with van der Waals surface area (Å²) in [7, 11) is 4.27. The maximum Gasteiger partial charge on any atom is 0.277 e. The van der Waals surface area contributed by atoms with Gasteiger partial charge in [0.05, 0.1) is 40.5 Å². The number of benzene rings is 1. The molecule has 1 aliphatic rings. The Morgan fingerprint density at radius 3 is 2.59 bits per heavy atom. The number of morpholine rings is 1. The molecule has 27 heavy (non-hydrogen) atoms. The molecule has 0 spiro atoms. The van der Waals surface area contributed by atoms with Crippen LogP contribution in [-0.2, 0) is 9.53 Å². The number of carbonyl (C=O) groups excluding carboxylic acids is 1. The van der Waals surface area contributed by atoms with E-state index in [9.17, 15) is 4.79 Å². The van der Waals surface area contributed by atoms with Crippen LogP contribution in [0.1, 0.15) is 43.7 Å². The van der Waals surface area contributed by atoms with Gasteiger partial charge in [0.15, 0.2) is 6.54 Å². The Labute approximate surface area is 164 Å². The summed E-state index contributed by atoms with van der Waals surface area (Å²) in [6.45, 7) is 11.5. The Morgan fingerprint density at radius 2 is 1.93 bits per heavy atom. The molecule has 1 heterocycles. The fourth-order valence-electron chi connectivity index (χ4n) is 3.31. The lowest BCUT2D eigenvalue weighted by Crippen LogP contribution is -2.51. The van der Waals surface area contributed by atoms with E-state index in [1.807, 2.05) is 4.90 Å². The highest BCUT2D eigenvalue weighted by molar-refractivity contribution is 5.77. The van der Waals surface area contributed by atoms with Gasteiger partial charge >= 0.3 is 0 Å². The second-order valence-electron chi connectivity index (χ2n) is 8.55. The second-order valence-corrected chi connectivity index (χ2v) is 8.55. The highest BCUT2D eigenvalue weighted by Gasteiger charge is 2.25. The molecule has 2 rings (SSSR count). The van der Waals surface area contributed by atoms with Crippen molar-refractivity contribution in [3.63, 3.8) is 0 Å². The molecule has 1 aromatic rings. The first-order chi connectivity index (χ1) is 12.8. The zero-order valence-electron chi connectivity index (χ0n) is 17.8. The first-order valence-corrected chi connectivity index (χ1v) is 10.2. The molecule has 152 valence electrons. The SMILES string of the molecule is Cc1ccc(C(C)C)cc1OCCCC[N+](C)(C)CC(=O)N1CCOCC1. The zero-order chi connectivity index (χ0) is 19.9. The van der Waals surface area contributed by atoms with E-state index in [1.165, 1.54) is 11.1 Å². The number of hydrogen-bond acceptors (Lipinski definition) is 3. The first-order valence-electron chi connectivity index (χ1n) is 10.2. The summed E-state index contributed by atoms with van der Waals surface area (Å²) >= 11 is 0. The molecule has 0 aliphatic carbocycles. The van der Waals surface area contributed by atoms with E-state index in [0.29, 0.717) is 25.7 Å². The van der Waals surface area contributed by atoms with Gasteiger partial charge in [-0.05, 0) is 42.9 Å². The van der Waals surface area contributed by atoms with Gasteiger partial charge in [0, 0.05) is 13.1 Å². The van der Waals surface area contributed by atoms with Crippen molar-refractivity contribution in [2.45, 2.75) is 39.5 Å². The van der Waals surface area contributed by atoms with Gasteiger partial charge in [-0.15, -0.1) is 0 Å². The number of rotatable bonds is 9. The molecule has 5 nitrogen and oxygen atoms in total. The van der Waals surface area contributed by atoms with Gasteiger partial charge in [0.1, 0.15) is 5.75 Å². The van der Waals surface area contributed by atoms with Gasteiger partial charge in [-0.3, -0.25) is 4.79 Å². The molecule has 0 aromatic heterocycles. The number of aryl methyl sites for hydroxylation is 1. The number of nitrogens with zero attached hydrogens (tertiary/aromatic N) is 2. The standard InChI is InChI=1S/C22H37N2O3/c1-18(2)20-9-8-19(3)21(16-20)27-13-7-6-12-24(4,5)17-22(25)23-10-14-26-15-11-23/h8-9,16,18H,6-7,10-15,17H2,1-5H3/q+1. The lowest BCUT2D eigenvalue weighted by molar-refractivity contribution is -0.883. The number of likely N-dealkylation sites (N-methyl/N-ethyl adjacent to an activating group) is 1. The van der Waals surface area contributed by atoms with Crippen molar-refractivity contribution in [1.29, 1.82) is 0 Å². The predicted octanol–water partition coefficient (Wildman–Crippen LogP) is 3.21. The van der Waals surface area contributed by atoms with Crippen molar-refractivity contribution in [3.8, 4) is 5.75 Å². The maximum absolute atomic E-state index is 12.4. The van der Waals surface area contributed by atoms with E-state index in [0.717, 1.165) is 49.3 Å². The summed E-state index contributed by atoms with van der Waals surface area (Å²) in [4.78, 5) is 14.4. The Balaban J connectivity index is 1.71. The Morgan fingerprint density at radius 1 is 1.22 bits per heavy atom. The van der Waals surface area contributed by atoms with Gasteiger partial charge in [-0.2, -0.15) is 0 Å². The molecule has 0 N–H and O–H groups in total. The topological polar surface area (TPSA) is 38.8 Å². The van der Waals surface area contributed by atoms with E-state index in [-0.39, 0.29) is 5.91 Å². The molecule has 1 fully saturated rings. The molecule has 0 saturated carbocycles. The highest BCUT2D eigenvalue weighted by atomic mass is 16.5. The van der Waals surface area contributed by atoms with Gasteiger partial charge in [0.2, 0.25) is 0 Å². The maximum atomic E-state index is 12.4. The van der Waals surface area contributed by atoms with Crippen LogP contribution < -0.4 is 4.74 Å². The van der Waals surface area contributed by atoms with Crippen molar-refractivity contribution >= 4 is 5.91 Å². The third-order valence-corrected chi connectivity index (χ3v) is 5.22. The average Bonchev–Trinajstić information content (AvgIpc) is 2.63. The van der Waals surface area contributed by atoms with Crippen LogP contribution in [0.2, 0.25) is 0 Å². The summed E-state index contributed by atoms with van der Waals surface area (Å²) in [6, 6.07) is 6.49. The third-order valence-electron chi connectivity index (χ3n) is 5.22. The number of quaternary nitrogens is 1. The Hall–Kier alpha value is -1.59. The number of ether oxygens (including phenoxy) is 2. The van der Waals surface area contributed by atoms with Crippen molar-refractivity contribution < 1.29 is 18.8 Å². The lowest BCUT2D eigenvalue weighted by Gasteiger charge is -2.33. The van der Waals surface area contributed by atoms with Gasteiger partial charge in [-0.1, -0.05) is 26.0 Å². The number of unbranched alkanes of at least 4 members (excludes halogenated alkanes) is 1. The van der Waals surface area contributed by atoms with Crippen LogP contribution in [0, 0.1) is 6.92 Å². The Kier molecular flexibility index (Phi) is 8.11. The van der Waals surface area contributed by atoms with E-state index >= 15 is 0 Å². The molecule has 0 atom stereocenters. The second kappa shape index (κ2) is 10.1. The lowest BCUT2D eigenvalue weighted by atomic mass is 10.0. The smallest absolute Gasteiger partial charge is 0.277 e. The Bertz CT molecular complexity index is 608. The van der Waals surface area contributed by atoms with Crippen molar-refractivity contribution in [1.82, 2.24) is 4.90 Å². The van der Waals surface area contributed by atoms with Crippen molar-refractivity contribution in [3.05, 3.63) is 29.3 Å². The van der Waals surface area contributed by atoms with Crippen LogP contribution in [0.25, 0.3) is 0 Å². The molecule has 1 saturated heterocycles. The summed E-state index contributed by atoms with van der Waals surface area (Å²) < 4.78 is 12.1. The number of hydrogen-bond donors (Lipinski definition) is 0. The number of carbonyl (C=O) groups is 1. The van der Waals surface area contributed by atoms with Crippen molar-refractivity contribution in [2.24, 2.45) is 0 Å². The average molecular weight is 378 g/mol. The van der Waals surface area contributed by atoms with Gasteiger partial charge in [0.25, 0.3) is 5.91 Å². The molecule has 1 amide bonds. The third kappa shape index (κ3) is 7.15. The molecular formula is C22H37N2O3+. The van der Waals surface area contributed by atoms with E-state index in [4.69, 9.17) is 9.47 Å². The molecular weight excluding hydrogens is 340 g/mol. The van der Waals surface area contributed by atoms with Gasteiger partial charge in [-0.25, -0.2) is 0 Å². The largest absolute Gasteiger partial charge is 0.493 e. The van der Waals surface area contributed by atoms with E-state index in [1.54, 1.807) is 0 Å². The fraction of sp³-hybridized carbons (Fsp3) is 0.682. The summed E-state index contributed by atoms with van der Waals surface area (Å²) in [5.74, 6) is 1.74. The molecule has 5 heteroatoms. The highest BCUT2D eigenvalue weighted by Crippen LogP contribution is 2.24. The molecule has 1 aliphatic heterocycles. The van der Waals surface area contributed by atoms with Crippen LogP contribution in [0.3, 0.4) is 0 Å². The monoisotopic (exact) mass is 377 g/mol. The van der Waals surface area contributed by atoms with E-state index in [2.05, 4.69) is 53.1 Å². The molecule has 1 aromatic carbocycles. The summed E-state index contributed by atoms with van der Waals surface area (Å²) in [5.41, 5.74) is 2.50. The summed E-state index contributed by atoms with van der Waals surface area (Å²) in [6.07, 6.45) is 2.05. The first kappa shape index (κ1) is 21.7. The van der Waals surface area contributed by atoms with Crippen molar-refractivity contribution in [2.75, 3.05) is 60.1 Å². The molecule has 0 bridgehead atoms.